The molecule has 0 unspecified atom stereocenters. The van der Waals surface area contributed by atoms with Gasteiger partial charge in [0.05, 0.1) is 10.6 Å². The zero-order valence-corrected chi connectivity index (χ0v) is 13.7. The van der Waals surface area contributed by atoms with Crippen LogP contribution < -0.4 is 4.74 Å². The molecule has 0 radical (unpaired) electrons. The molecule has 25 heavy (non-hydrogen) atoms. The third-order valence-electron chi connectivity index (χ3n) is 3.49. The first-order chi connectivity index (χ1) is 11.7. The van der Waals surface area contributed by atoms with Gasteiger partial charge in [0.1, 0.15) is 16.5 Å². The van der Waals surface area contributed by atoms with Crippen LogP contribution in [0.1, 0.15) is 5.56 Å². The summed E-state index contributed by atoms with van der Waals surface area (Å²) in [4.78, 5) is 0. The summed E-state index contributed by atoms with van der Waals surface area (Å²) < 4.78 is 57.8. The van der Waals surface area contributed by atoms with Gasteiger partial charge in [0.15, 0.2) is 11.6 Å². The number of aromatic hydroxyl groups is 1. The van der Waals surface area contributed by atoms with Crippen molar-refractivity contribution < 1.29 is 27.4 Å². The molecule has 0 spiro atoms. The Bertz CT molecular complexity index is 971. The second-order valence-corrected chi connectivity index (χ2v) is 5.88. The minimum atomic E-state index is -4.94. The molecule has 2 nitrogen and oxygen atoms in total. The molecule has 0 saturated heterocycles. The van der Waals surface area contributed by atoms with E-state index < -0.39 is 33.4 Å². The van der Waals surface area contributed by atoms with Crippen molar-refractivity contribution in [1.29, 1.82) is 0 Å². The van der Waals surface area contributed by atoms with E-state index in [1.54, 1.807) is 24.3 Å². The first-order valence-corrected chi connectivity index (χ1v) is 7.59. The normalized spacial score (nSPS) is 11.8. The molecule has 0 amide bonds. The van der Waals surface area contributed by atoms with Crippen LogP contribution in [0.15, 0.2) is 42.5 Å². The van der Waals surface area contributed by atoms with Crippen molar-refractivity contribution in [2.24, 2.45) is 0 Å². The third-order valence-corrected chi connectivity index (χ3v) is 4.11. The van der Waals surface area contributed by atoms with E-state index in [0.29, 0.717) is 16.8 Å². The van der Waals surface area contributed by atoms with Gasteiger partial charge >= 0.3 is 6.18 Å². The molecule has 130 valence electrons. The van der Waals surface area contributed by atoms with Gasteiger partial charge in [0, 0.05) is 10.8 Å². The topological polar surface area (TPSA) is 29.5 Å². The molecule has 0 bridgehead atoms. The Kier molecular flexibility index (Phi) is 4.43. The van der Waals surface area contributed by atoms with Crippen molar-refractivity contribution in [2.75, 3.05) is 0 Å². The molecule has 1 N–H and O–H groups in total. The van der Waals surface area contributed by atoms with Crippen LogP contribution in [0, 0.1) is 5.82 Å². The van der Waals surface area contributed by atoms with Gasteiger partial charge in [-0.05, 0) is 18.2 Å². The number of alkyl halides is 3. The lowest BCUT2D eigenvalue weighted by molar-refractivity contribution is -0.140. The number of halogens is 6. The fourth-order valence-electron chi connectivity index (χ4n) is 2.34. The fraction of sp³-hybridized carbons (Fsp3) is 0.0588. The van der Waals surface area contributed by atoms with Gasteiger partial charge in [-0.25, -0.2) is 4.39 Å². The van der Waals surface area contributed by atoms with Crippen molar-refractivity contribution in [3.63, 3.8) is 0 Å². The van der Waals surface area contributed by atoms with E-state index in [0.717, 1.165) is 0 Å². The van der Waals surface area contributed by atoms with Gasteiger partial charge in [-0.3, -0.25) is 0 Å². The number of hydrogen-bond donors (Lipinski definition) is 1. The van der Waals surface area contributed by atoms with Gasteiger partial charge < -0.3 is 9.84 Å². The first-order valence-electron chi connectivity index (χ1n) is 6.83. The Labute approximate surface area is 149 Å². The van der Waals surface area contributed by atoms with Gasteiger partial charge in [-0.15, -0.1) is 0 Å². The Morgan fingerprint density at radius 2 is 1.60 bits per heavy atom. The van der Waals surface area contributed by atoms with Gasteiger partial charge in [0.25, 0.3) is 0 Å². The second kappa shape index (κ2) is 6.28. The summed E-state index contributed by atoms with van der Waals surface area (Å²) in [6.07, 6.45) is -4.94. The Morgan fingerprint density at radius 3 is 2.28 bits per heavy atom. The standard InChI is InChI=1S/C17H8Cl2F4O2/c18-11-7-10(17(21,22)23)15(20)14(19)16(11)25-13-6-2-3-8-9(13)4-1-5-12(8)24/h1-7,24H. The Morgan fingerprint density at radius 1 is 0.960 bits per heavy atom. The molecule has 0 aliphatic heterocycles. The van der Waals surface area contributed by atoms with Crippen molar-refractivity contribution in [2.45, 2.75) is 6.18 Å². The minimum Gasteiger partial charge on any atom is -0.507 e. The number of fused-ring (bicyclic) bond motifs is 1. The molecular formula is C17H8Cl2F4O2. The van der Waals surface area contributed by atoms with Crippen molar-refractivity contribution >= 4 is 34.0 Å². The van der Waals surface area contributed by atoms with Gasteiger partial charge in [-0.1, -0.05) is 47.5 Å². The number of hydrogen-bond acceptors (Lipinski definition) is 2. The van der Waals surface area contributed by atoms with E-state index in [9.17, 15) is 22.7 Å². The number of phenolic OH excluding ortho intramolecular Hbond substituents is 1. The quantitative estimate of drug-likeness (QED) is 0.385. The third kappa shape index (κ3) is 3.19. The predicted molar refractivity (Wildman–Crippen MR) is 87.1 cm³/mol. The fourth-order valence-corrected chi connectivity index (χ4v) is 2.87. The highest BCUT2D eigenvalue weighted by Crippen LogP contribution is 2.45. The molecule has 8 heteroatoms. The summed E-state index contributed by atoms with van der Waals surface area (Å²) in [5, 5.41) is 9.38. The SMILES string of the molecule is Oc1cccc2c(Oc3c(Cl)cc(C(F)(F)F)c(F)c3Cl)cccc12. The highest BCUT2D eigenvalue weighted by atomic mass is 35.5. The van der Waals surface area contributed by atoms with E-state index in [1.807, 2.05) is 0 Å². The molecule has 3 rings (SSSR count). The maximum Gasteiger partial charge on any atom is 0.419 e. The molecule has 0 atom stereocenters. The van der Waals surface area contributed by atoms with Crippen LogP contribution in [0.4, 0.5) is 17.6 Å². The van der Waals surface area contributed by atoms with Crippen molar-refractivity contribution in [1.82, 2.24) is 0 Å². The number of phenols is 1. The smallest absolute Gasteiger partial charge is 0.419 e. The van der Waals surface area contributed by atoms with Crippen LogP contribution in [0.25, 0.3) is 10.8 Å². The maximum atomic E-state index is 14.0. The average Bonchev–Trinajstić information content (AvgIpc) is 2.54. The van der Waals surface area contributed by atoms with Crippen molar-refractivity contribution in [3.05, 3.63) is 63.9 Å². The molecule has 0 aliphatic carbocycles. The molecule has 0 aliphatic rings. The van der Waals surface area contributed by atoms with Crippen molar-refractivity contribution in [3.8, 4) is 17.2 Å². The van der Waals surface area contributed by atoms with Crippen LogP contribution in [-0.2, 0) is 6.18 Å². The summed E-state index contributed by atoms with van der Waals surface area (Å²) in [6, 6.07) is 9.72. The van der Waals surface area contributed by atoms with Crippen LogP contribution in [-0.4, -0.2) is 5.11 Å². The van der Waals surface area contributed by atoms with Crippen LogP contribution >= 0.6 is 23.2 Å². The summed E-state index contributed by atoms with van der Waals surface area (Å²) in [6.45, 7) is 0. The molecular weight excluding hydrogens is 383 g/mol. The van der Waals surface area contributed by atoms with E-state index in [4.69, 9.17) is 27.9 Å². The van der Waals surface area contributed by atoms with Crippen LogP contribution in [0.2, 0.25) is 10.0 Å². The van der Waals surface area contributed by atoms with E-state index in [1.165, 1.54) is 12.1 Å². The minimum absolute atomic E-state index is 0.0151. The number of rotatable bonds is 2. The highest BCUT2D eigenvalue weighted by molar-refractivity contribution is 6.37. The average molecular weight is 391 g/mol. The largest absolute Gasteiger partial charge is 0.507 e. The number of ether oxygens (including phenoxy) is 1. The Balaban J connectivity index is 2.14. The van der Waals surface area contributed by atoms with E-state index in [2.05, 4.69) is 0 Å². The zero-order valence-electron chi connectivity index (χ0n) is 12.2. The summed E-state index contributed by atoms with van der Waals surface area (Å²) in [5.41, 5.74) is -1.58. The Hall–Kier alpha value is -2.18. The second-order valence-electron chi connectivity index (χ2n) is 5.09. The van der Waals surface area contributed by atoms with Gasteiger partial charge in [-0.2, -0.15) is 13.2 Å². The molecule has 0 saturated carbocycles. The van der Waals surface area contributed by atoms with E-state index >= 15 is 0 Å². The maximum absolute atomic E-state index is 14.0. The first kappa shape index (κ1) is 17.6. The molecule has 0 heterocycles. The summed E-state index contributed by atoms with van der Waals surface area (Å²) >= 11 is 11.5. The molecule has 0 fully saturated rings. The lowest BCUT2D eigenvalue weighted by Crippen LogP contribution is -2.09. The molecule has 3 aromatic carbocycles. The monoisotopic (exact) mass is 390 g/mol. The number of benzene rings is 3. The zero-order chi connectivity index (χ0) is 18.4. The lowest BCUT2D eigenvalue weighted by atomic mass is 10.1. The van der Waals surface area contributed by atoms with Crippen LogP contribution in [0.3, 0.4) is 0 Å². The summed E-state index contributed by atoms with van der Waals surface area (Å²) in [5.74, 6) is -1.98. The van der Waals surface area contributed by atoms with Crippen LogP contribution in [0.5, 0.6) is 17.2 Å². The summed E-state index contributed by atoms with van der Waals surface area (Å²) in [7, 11) is 0. The highest BCUT2D eigenvalue weighted by Gasteiger charge is 2.37. The van der Waals surface area contributed by atoms with E-state index in [-0.39, 0.29) is 11.5 Å². The van der Waals surface area contributed by atoms with Gasteiger partial charge in [0.2, 0.25) is 0 Å². The predicted octanol–water partition coefficient (Wildman–Crippen LogP) is 6.80. The molecule has 0 aromatic heterocycles. The lowest BCUT2D eigenvalue weighted by Gasteiger charge is -2.15. The molecule has 3 aromatic rings.